The van der Waals surface area contributed by atoms with Crippen LogP contribution in [0.2, 0.25) is 0 Å². The van der Waals surface area contributed by atoms with Crippen molar-refractivity contribution >= 4 is 0 Å². The lowest BCUT2D eigenvalue weighted by Gasteiger charge is -2.15. The highest BCUT2D eigenvalue weighted by atomic mass is 14.1. The van der Waals surface area contributed by atoms with Gasteiger partial charge in [-0.1, -0.05) is 25.7 Å². The van der Waals surface area contributed by atoms with E-state index in [9.17, 15) is 0 Å². The van der Waals surface area contributed by atoms with Crippen molar-refractivity contribution in [3.8, 4) is 5.92 Å². The fraction of sp³-hybridized carbons (Fsp3) is 0.778. The summed E-state index contributed by atoms with van der Waals surface area (Å²) in [5, 5.41) is 0. The molecule has 0 aromatic heterocycles. The van der Waals surface area contributed by atoms with Gasteiger partial charge in [-0.15, -0.1) is 0 Å². The Morgan fingerprint density at radius 3 is 2.33 bits per heavy atom. The minimum absolute atomic E-state index is 0.00993. The molecule has 0 heterocycles. The molecule has 0 heteroatoms. The minimum atomic E-state index is 0.00993. The summed E-state index contributed by atoms with van der Waals surface area (Å²) in [5.74, 6) is 2.53. The first-order valence-electron chi connectivity index (χ1n) is 3.56. The Kier molecular flexibility index (Phi) is 3.39. The third kappa shape index (κ3) is 4.09. The molecule has 0 aromatic rings. The SMILES string of the molecule is [C]#CC(C)(C)CCCC. The highest BCUT2D eigenvalue weighted by molar-refractivity contribution is 4.94. The molecule has 0 unspecified atom stereocenters. The molecule has 0 rings (SSSR count). The molecule has 0 aromatic carbocycles. The zero-order chi connectivity index (χ0) is 7.33. The van der Waals surface area contributed by atoms with Crippen molar-refractivity contribution in [2.75, 3.05) is 0 Å². The summed E-state index contributed by atoms with van der Waals surface area (Å²) in [6.45, 7) is 6.27. The molecule has 0 bridgehead atoms. The first-order valence-corrected chi connectivity index (χ1v) is 3.56. The van der Waals surface area contributed by atoms with Gasteiger partial charge in [0, 0.05) is 5.41 Å². The van der Waals surface area contributed by atoms with Crippen molar-refractivity contribution in [2.24, 2.45) is 5.41 Å². The maximum Gasteiger partial charge on any atom is 0.0268 e. The molecule has 0 amide bonds. The Balaban J connectivity index is 3.49. The van der Waals surface area contributed by atoms with E-state index in [0.29, 0.717) is 0 Å². The second-order valence-electron chi connectivity index (χ2n) is 3.11. The molecule has 0 spiro atoms. The van der Waals surface area contributed by atoms with Gasteiger partial charge in [-0.3, -0.25) is 0 Å². The highest BCUT2D eigenvalue weighted by Crippen LogP contribution is 2.21. The van der Waals surface area contributed by atoms with E-state index in [0.717, 1.165) is 6.42 Å². The molecule has 0 aliphatic carbocycles. The maximum absolute atomic E-state index is 6.93. The summed E-state index contributed by atoms with van der Waals surface area (Å²) >= 11 is 0. The van der Waals surface area contributed by atoms with Crippen LogP contribution >= 0.6 is 0 Å². The first kappa shape index (κ1) is 8.56. The van der Waals surface area contributed by atoms with E-state index >= 15 is 0 Å². The predicted octanol–water partition coefficient (Wildman–Crippen LogP) is 2.79. The summed E-state index contributed by atoms with van der Waals surface area (Å²) < 4.78 is 0. The summed E-state index contributed by atoms with van der Waals surface area (Å²) in [5.41, 5.74) is 0.00993. The molecular formula is C9H15. The van der Waals surface area contributed by atoms with Gasteiger partial charge >= 0.3 is 0 Å². The quantitative estimate of drug-likeness (QED) is 0.506. The number of rotatable bonds is 3. The van der Waals surface area contributed by atoms with Gasteiger partial charge in [-0.2, -0.15) is 0 Å². The van der Waals surface area contributed by atoms with E-state index in [4.69, 9.17) is 6.42 Å². The number of hydrogen-bond donors (Lipinski definition) is 0. The molecule has 0 saturated heterocycles. The van der Waals surface area contributed by atoms with E-state index in [2.05, 4.69) is 26.7 Å². The Hall–Kier alpha value is -0.440. The average Bonchev–Trinajstić information content (AvgIpc) is 1.84. The van der Waals surface area contributed by atoms with Crippen LogP contribution in [0.1, 0.15) is 40.0 Å². The summed E-state index contributed by atoms with van der Waals surface area (Å²) in [6, 6.07) is 0. The van der Waals surface area contributed by atoms with E-state index in [1.807, 2.05) is 0 Å². The zero-order valence-electron chi connectivity index (χ0n) is 6.62. The molecule has 0 nitrogen and oxygen atoms in total. The zero-order valence-corrected chi connectivity index (χ0v) is 6.62. The van der Waals surface area contributed by atoms with E-state index in [1.54, 1.807) is 0 Å². The van der Waals surface area contributed by atoms with Crippen molar-refractivity contribution in [1.82, 2.24) is 0 Å². The summed E-state index contributed by atoms with van der Waals surface area (Å²) in [6.07, 6.45) is 10.4. The third-order valence-electron chi connectivity index (χ3n) is 1.49. The standard InChI is InChI=1S/C9H15/c1-5-7-8-9(3,4)6-2/h5,7-8H2,1,3-4H3. The second kappa shape index (κ2) is 3.56. The molecule has 9 heavy (non-hydrogen) atoms. The monoisotopic (exact) mass is 123 g/mol. The molecule has 0 aliphatic heterocycles. The van der Waals surface area contributed by atoms with Gasteiger partial charge in [-0.05, 0) is 26.7 Å². The van der Waals surface area contributed by atoms with Gasteiger partial charge in [0.05, 0.1) is 0 Å². The third-order valence-corrected chi connectivity index (χ3v) is 1.49. The lowest BCUT2D eigenvalue weighted by molar-refractivity contribution is 0.437. The van der Waals surface area contributed by atoms with Crippen LogP contribution in [0.3, 0.4) is 0 Å². The Morgan fingerprint density at radius 2 is 2.00 bits per heavy atom. The van der Waals surface area contributed by atoms with Crippen LogP contribution in [-0.4, -0.2) is 0 Å². The minimum Gasteiger partial charge on any atom is -0.0829 e. The van der Waals surface area contributed by atoms with Crippen LogP contribution < -0.4 is 0 Å². The van der Waals surface area contributed by atoms with Crippen molar-refractivity contribution < 1.29 is 0 Å². The number of unbranched alkanes of at least 4 members (excludes halogenated alkanes) is 1. The molecule has 0 saturated carbocycles. The van der Waals surface area contributed by atoms with E-state index in [1.165, 1.54) is 12.8 Å². The van der Waals surface area contributed by atoms with Crippen LogP contribution in [-0.2, 0) is 0 Å². The summed E-state index contributed by atoms with van der Waals surface area (Å²) in [4.78, 5) is 0. The molecule has 0 aliphatic rings. The van der Waals surface area contributed by atoms with Gasteiger partial charge in [0.15, 0.2) is 0 Å². The van der Waals surface area contributed by atoms with E-state index < -0.39 is 0 Å². The molecule has 51 valence electrons. The predicted molar refractivity (Wildman–Crippen MR) is 40.4 cm³/mol. The smallest absolute Gasteiger partial charge is 0.0268 e. The van der Waals surface area contributed by atoms with Gasteiger partial charge in [0.1, 0.15) is 0 Å². The average molecular weight is 123 g/mol. The molecule has 0 atom stereocenters. The molecule has 0 N–H and O–H groups in total. The van der Waals surface area contributed by atoms with Gasteiger partial charge in [-0.25, -0.2) is 0 Å². The second-order valence-corrected chi connectivity index (χ2v) is 3.11. The normalized spacial score (nSPS) is 10.9. The van der Waals surface area contributed by atoms with Crippen molar-refractivity contribution in [2.45, 2.75) is 40.0 Å². The molecular weight excluding hydrogens is 108 g/mol. The van der Waals surface area contributed by atoms with Crippen LogP contribution in [0.4, 0.5) is 0 Å². The van der Waals surface area contributed by atoms with Crippen LogP contribution in [0, 0.1) is 17.8 Å². The largest absolute Gasteiger partial charge is 0.0829 e. The first-order chi connectivity index (χ1) is 4.12. The Labute approximate surface area is 58.7 Å². The topological polar surface area (TPSA) is 0 Å². The van der Waals surface area contributed by atoms with Crippen molar-refractivity contribution in [1.29, 1.82) is 0 Å². The lowest BCUT2D eigenvalue weighted by Crippen LogP contribution is -2.06. The highest BCUT2D eigenvalue weighted by Gasteiger charge is 2.11. The van der Waals surface area contributed by atoms with Crippen LogP contribution in [0.15, 0.2) is 0 Å². The van der Waals surface area contributed by atoms with Crippen LogP contribution in [0.25, 0.3) is 0 Å². The molecule has 0 fully saturated rings. The fourth-order valence-electron chi connectivity index (χ4n) is 0.681. The van der Waals surface area contributed by atoms with Crippen molar-refractivity contribution in [3.63, 3.8) is 0 Å². The van der Waals surface area contributed by atoms with E-state index in [-0.39, 0.29) is 5.41 Å². The summed E-state index contributed by atoms with van der Waals surface area (Å²) in [7, 11) is 0. The van der Waals surface area contributed by atoms with Gasteiger partial charge < -0.3 is 0 Å². The Bertz CT molecular complexity index is 104. The van der Waals surface area contributed by atoms with Crippen molar-refractivity contribution in [3.05, 3.63) is 6.42 Å². The fourth-order valence-corrected chi connectivity index (χ4v) is 0.681. The molecule has 1 radical (unpaired) electrons. The maximum atomic E-state index is 6.93. The van der Waals surface area contributed by atoms with Gasteiger partial charge in [0.25, 0.3) is 0 Å². The lowest BCUT2D eigenvalue weighted by atomic mass is 9.89. The number of hydrogen-bond acceptors (Lipinski definition) is 0. The van der Waals surface area contributed by atoms with Gasteiger partial charge in [0.2, 0.25) is 0 Å². The Morgan fingerprint density at radius 1 is 1.44 bits per heavy atom. The van der Waals surface area contributed by atoms with Crippen LogP contribution in [0.5, 0.6) is 0 Å².